The van der Waals surface area contributed by atoms with E-state index in [1.54, 1.807) is 12.4 Å². The predicted molar refractivity (Wildman–Crippen MR) is 173 cm³/mol. The first-order valence-electron chi connectivity index (χ1n) is 14.0. The fourth-order valence-corrected chi connectivity index (χ4v) is 6.58. The Kier molecular flexibility index (Phi) is 9.75. The maximum absolute atomic E-state index is 3.94. The second-order valence-electron chi connectivity index (χ2n) is 10.3. The zero-order chi connectivity index (χ0) is 27.1. The van der Waals surface area contributed by atoms with Crippen LogP contribution in [0.4, 0.5) is 5.69 Å². The van der Waals surface area contributed by atoms with Gasteiger partial charge in [-0.15, -0.1) is 12.4 Å². The number of aryl methyl sites for hydroxylation is 2. The van der Waals surface area contributed by atoms with Gasteiger partial charge in [0, 0.05) is 27.8 Å². The molecule has 1 aliphatic heterocycles. The Hall–Kier alpha value is -3.61. The van der Waals surface area contributed by atoms with E-state index in [1.807, 2.05) is 24.5 Å². The van der Waals surface area contributed by atoms with Crippen molar-refractivity contribution >= 4 is 34.0 Å². The molecule has 7 heteroatoms. The maximum atomic E-state index is 3.94. The van der Waals surface area contributed by atoms with Crippen LogP contribution in [0.2, 0.25) is 0 Å². The highest BCUT2D eigenvalue weighted by Gasteiger charge is 2.16. The molecule has 0 unspecified atom stereocenters. The van der Waals surface area contributed by atoms with Gasteiger partial charge in [0.2, 0.25) is 0 Å². The molecule has 0 saturated heterocycles. The highest BCUT2D eigenvalue weighted by Crippen LogP contribution is 2.33. The lowest BCUT2D eigenvalue weighted by Gasteiger charge is -2.07. The minimum absolute atomic E-state index is 0. The Morgan fingerprint density at radius 3 is 1.78 bits per heavy atom. The van der Waals surface area contributed by atoms with Gasteiger partial charge in [-0.05, 0) is 108 Å². The van der Waals surface area contributed by atoms with E-state index in [9.17, 15) is 0 Å². The van der Waals surface area contributed by atoms with Gasteiger partial charge < -0.3 is 5.32 Å². The molecule has 2 aromatic heterocycles. The Labute approximate surface area is 256 Å². The molecule has 1 N–H and O–H groups in total. The maximum Gasteiger partial charge on any atom is 0.0574 e. The third-order valence-corrected chi connectivity index (χ3v) is 8.63. The zero-order valence-corrected chi connectivity index (χ0v) is 25.3. The average Bonchev–Trinajstić information content (AvgIpc) is 3.80. The first kappa shape index (κ1) is 28.9. The van der Waals surface area contributed by atoms with Crippen LogP contribution in [0.3, 0.4) is 0 Å². The molecule has 5 aromatic rings. The SMILES string of the molecule is Brc1cccc2c1CCC2.Cl.c1cc2c(c(-c3ccnnc3)c1)CCC2.c1cc2c(c(-c3ccnnc3)c1)CCN2. The Morgan fingerprint density at radius 1 is 0.561 bits per heavy atom. The number of hydrogen-bond donors (Lipinski definition) is 1. The molecular formula is C34H33BrClN5. The average molecular weight is 627 g/mol. The summed E-state index contributed by atoms with van der Waals surface area (Å²) in [5.41, 5.74) is 13.7. The molecular weight excluding hydrogens is 594 g/mol. The highest BCUT2D eigenvalue weighted by atomic mass is 79.9. The molecule has 0 bridgehead atoms. The standard InChI is InChI=1S/C13H12N2.C12H11N3.C9H9Br.ClH/c1-3-10-4-2-6-13(12(10)5-1)11-7-8-14-15-9-11;1-2-10(9-4-7-14-15-8-9)11-5-6-13-12(11)3-1;10-9-6-2-4-7-3-1-5-8(7)9;/h2,4,6-9H,1,3,5H2;1-4,7-8,13H,5-6H2;2,4,6H,1,3,5H2;1H. The number of anilines is 1. The summed E-state index contributed by atoms with van der Waals surface area (Å²) in [6.07, 6.45) is 15.8. The van der Waals surface area contributed by atoms with E-state index < -0.39 is 0 Å². The molecule has 0 radical (unpaired) electrons. The van der Waals surface area contributed by atoms with Gasteiger partial charge in [0.05, 0.1) is 24.8 Å². The highest BCUT2D eigenvalue weighted by molar-refractivity contribution is 9.10. The smallest absolute Gasteiger partial charge is 0.0574 e. The number of benzene rings is 3. The van der Waals surface area contributed by atoms with Crippen molar-refractivity contribution in [3.63, 3.8) is 0 Å². The molecule has 41 heavy (non-hydrogen) atoms. The molecule has 208 valence electrons. The topological polar surface area (TPSA) is 63.6 Å². The number of fused-ring (bicyclic) bond motifs is 3. The number of halogens is 2. The van der Waals surface area contributed by atoms with E-state index in [4.69, 9.17) is 0 Å². The number of rotatable bonds is 2. The van der Waals surface area contributed by atoms with Gasteiger partial charge in [0.15, 0.2) is 0 Å². The molecule has 0 fully saturated rings. The third kappa shape index (κ3) is 6.66. The van der Waals surface area contributed by atoms with Gasteiger partial charge in [0.1, 0.15) is 0 Å². The summed E-state index contributed by atoms with van der Waals surface area (Å²) in [5.74, 6) is 0. The number of aromatic nitrogens is 4. The van der Waals surface area contributed by atoms with Crippen LogP contribution in [0, 0.1) is 0 Å². The van der Waals surface area contributed by atoms with Gasteiger partial charge in [-0.2, -0.15) is 20.4 Å². The van der Waals surface area contributed by atoms with Gasteiger partial charge in [-0.1, -0.05) is 58.4 Å². The summed E-state index contributed by atoms with van der Waals surface area (Å²) in [7, 11) is 0. The van der Waals surface area contributed by atoms with Crippen LogP contribution in [-0.4, -0.2) is 26.9 Å². The third-order valence-electron chi connectivity index (χ3n) is 7.89. The molecule has 0 saturated carbocycles. The van der Waals surface area contributed by atoms with Crippen molar-refractivity contribution in [1.29, 1.82) is 0 Å². The summed E-state index contributed by atoms with van der Waals surface area (Å²) in [4.78, 5) is 0. The largest absolute Gasteiger partial charge is 0.384 e. The first-order valence-corrected chi connectivity index (χ1v) is 14.8. The normalized spacial score (nSPS) is 13.7. The lowest BCUT2D eigenvalue weighted by atomic mass is 9.99. The lowest BCUT2D eigenvalue weighted by Crippen LogP contribution is -1.90. The summed E-state index contributed by atoms with van der Waals surface area (Å²) in [6, 6.07) is 23.4. The Morgan fingerprint density at radius 2 is 1.15 bits per heavy atom. The van der Waals surface area contributed by atoms with E-state index in [2.05, 4.69) is 96.2 Å². The van der Waals surface area contributed by atoms with Gasteiger partial charge in [-0.25, -0.2) is 0 Å². The van der Waals surface area contributed by atoms with Crippen molar-refractivity contribution in [3.8, 4) is 22.3 Å². The van der Waals surface area contributed by atoms with Crippen molar-refractivity contribution in [2.75, 3.05) is 11.9 Å². The Balaban J connectivity index is 0.000000125. The quantitative estimate of drug-likeness (QED) is 0.215. The van der Waals surface area contributed by atoms with Crippen LogP contribution >= 0.6 is 28.3 Å². The second kappa shape index (κ2) is 13.8. The lowest BCUT2D eigenvalue weighted by molar-refractivity contribution is 0.910. The summed E-state index contributed by atoms with van der Waals surface area (Å²) in [6.45, 7) is 1.03. The molecule has 8 rings (SSSR count). The monoisotopic (exact) mass is 625 g/mol. The van der Waals surface area contributed by atoms with Gasteiger partial charge in [0.25, 0.3) is 0 Å². The van der Waals surface area contributed by atoms with Crippen molar-refractivity contribution < 1.29 is 0 Å². The van der Waals surface area contributed by atoms with E-state index in [-0.39, 0.29) is 12.4 Å². The van der Waals surface area contributed by atoms with E-state index in [0.29, 0.717) is 0 Å². The first-order chi connectivity index (χ1) is 19.8. The summed E-state index contributed by atoms with van der Waals surface area (Å²) in [5, 5.41) is 18.8. The Bertz CT molecular complexity index is 1500. The molecule has 3 heterocycles. The summed E-state index contributed by atoms with van der Waals surface area (Å²) >= 11 is 3.55. The van der Waals surface area contributed by atoms with Crippen molar-refractivity contribution in [3.05, 3.63) is 124 Å². The van der Waals surface area contributed by atoms with Gasteiger partial charge >= 0.3 is 0 Å². The van der Waals surface area contributed by atoms with Crippen molar-refractivity contribution in [2.45, 2.75) is 44.9 Å². The number of nitrogens with zero attached hydrogens (tertiary/aromatic N) is 4. The molecule has 0 amide bonds. The van der Waals surface area contributed by atoms with Crippen molar-refractivity contribution in [2.24, 2.45) is 0 Å². The molecule has 3 aromatic carbocycles. The predicted octanol–water partition coefficient (Wildman–Crippen LogP) is 8.10. The minimum Gasteiger partial charge on any atom is -0.384 e. The number of nitrogens with one attached hydrogen (secondary N) is 1. The van der Waals surface area contributed by atoms with Crippen LogP contribution in [-0.2, 0) is 32.1 Å². The van der Waals surface area contributed by atoms with Crippen molar-refractivity contribution in [1.82, 2.24) is 20.4 Å². The molecule has 5 nitrogen and oxygen atoms in total. The second-order valence-corrected chi connectivity index (χ2v) is 11.2. The van der Waals surface area contributed by atoms with Crippen LogP contribution in [0.1, 0.15) is 40.7 Å². The molecule has 0 spiro atoms. The van der Waals surface area contributed by atoms with Gasteiger partial charge in [-0.3, -0.25) is 0 Å². The van der Waals surface area contributed by atoms with E-state index in [1.165, 1.54) is 93.2 Å². The fourth-order valence-electron chi connectivity index (χ4n) is 5.98. The zero-order valence-electron chi connectivity index (χ0n) is 22.9. The van der Waals surface area contributed by atoms with Crippen LogP contribution in [0.25, 0.3) is 22.3 Å². The fraction of sp³-hybridized carbons (Fsp3) is 0.235. The number of hydrogen-bond acceptors (Lipinski definition) is 5. The van der Waals surface area contributed by atoms with Crippen LogP contribution in [0.15, 0.2) is 96.0 Å². The molecule has 3 aliphatic rings. The summed E-state index contributed by atoms with van der Waals surface area (Å²) < 4.78 is 1.29. The van der Waals surface area contributed by atoms with E-state index >= 15 is 0 Å². The molecule has 2 aliphatic carbocycles. The van der Waals surface area contributed by atoms with Crippen LogP contribution in [0.5, 0.6) is 0 Å². The van der Waals surface area contributed by atoms with Crippen LogP contribution < -0.4 is 5.32 Å². The molecule has 0 atom stereocenters. The minimum atomic E-state index is 0. The van der Waals surface area contributed by atoms with E-state index in [0.717, 1.165) is 18.5 Å².